The molecule has 0 saturated carbocycles. The van der Waals surface area contributed by atoms with Crippen LogP contribution in [-0.2, 0) is 4.79 Å². The van der Waals surface area contributed by atoms with Crippen LogP contribution in [0.2, 0.25) is 0 Å². The van der Waals surface area contributed by atoms with Crippen molar-refractivity contribution >= 4 is 32.7 Å². The molecule has 3 nitrogen and oxygen atoms in total. The molecule has 0 amide bonds. The van der Waals surface area contributed by atoms with E-state index in [1.807, 2.05) is 36.4 Å². The zero-order valence-corrected chi connectivity index (χ0v) is 10.5. The number of halogens is 1. The summed E-state index contributed by atoms with van der Waals surface area (Å²) in [5, 5.41) is 13.0. The van der Waals surface area contributed by atoms with Gasteiger partial charge in [-0.3, -0.25) is 0 Å². The van der Waals surface area contributed by atoms with Gasteiger partial charge in [0.15, 0.2) is 0 Å². The molecule has 1 unspecified atom stereocenters. The van der Waals surface area contributed by atoms with Crippen molar-refractivity contribution < 1.29 is 14.6 Å². The Labute approximate surface area is 107 Å². The highest BCUT2D eigenvalue weighted by Gasteiger charge is 2.09. The summed E-state index contributed by atoms with van der Waals surface area (Å²) in [6, 6.07) is 13.3. The third-order valence-corrected chi connectivity index (χ3v) is 2.99. The van der Waals surface area contributed by atoms with Gasteiger partial charge in [0, 0.05) is 5.33 Å². The van der Waals surface area contributed by atoms with E-state index in [1.165, 1.54) is 0 Å². The molecule has 0 aromatic heterocycles. The molecule has 1 atom stereocenters. The molecule has 0 aliphatic heterocycles. The fourth-order valence-electron chi connectivity index (χ4n) is 1.55. The molecule has 0 fully saturated rings. The standard InChI is InChI=1S/C13H11BrO3/c14-8-12(13(15)16)17-11-6-5-9-3-1-2-4-10(9)7-11/h1-7,12H,8H2,(H,15,16)/p-1. The summed E-state index contributed by atoms with van der Waals surface area (Å²) in [5.41, 5.74) is 0. The Morgan fingerprint density at radius 1 is 1.24 bits per heavy atom. The van der Waals surface area contributed by atoms with E-state index in [0.29, 0.717) is 5.75 Å². The zero-order chi connectivity index (χ0) is 12.3. The molecule has 88 valence electrons. The highest BCUT2D eigenvalue weighted by molar-refractivity contribution is 9.09. The van der Waals surface area contributed by atoms with Gasteiger partial charge in [0.25, 0.3) is 0 Å². The van der Waals surface area contributed by atoms with Gasteiger partial charge in [0.1, 0.15) is 11.9 Å². The van der Waals surface area contributed by atoms with E-state index in [-0.39, 0.29) is 5.33 Å². The number of fused-ring (bicyclic) bond motifs is 1. The number of carbonyl (C=O) groups is 1. The third kappa shape index (κ3) is 2.77. The number of rotatable bonds is 4. The first-order valence-electron chi connectivity index (χ1n) is 5.13. The molecule has 2 aromatic rings. The van der Waals surface area contributed by atoms with E-state index < -0.39 is 12.1 Å². The number of ether oxygens (including phenoxy) is 1. The van der Waals surface area contributed by atoms with Crippen LogP contribution in [0.1, 0.15) is 0 Å². The number of carbonyl (C=O) groups excluding carboxylic acids is 1. The van der Waals surface area contributed by atoms with E-state index in [0.717, 1.165) is 10.8 Å². The first-order valence-corrected chi connectivity index (χ1v) is 6.25. The second-order valence-corrected chi connectivity index (χ2v) is 4.24. The largest absolute Gasteiger partial charge is 0.546 e. The topological polar surface area (TPSA) is 49.4 Å². The summed E-state index contributed by atoms with van der Waals surface area (Å²) in [5.74, 6) is -0.701. The molecule has 0 aliphatic rings. The van der Waals surface area contributed by atoms with Gasteiger partial charge >= 0.3 is 0 Å². The lowest BCUT2D eigenvalue weighted by atomic mass is 10.1. The SMILES string of the molecule is O=C([O-])C(CBr)Oc1ccc2ccccc2c1. The average Bonchev–Trinajstić information content (AvgIpc) is 2.35. The van der Waals surface area contributed by atoms with Gasteiger partial charge in [0.2, 0.25) is 0 Å². The molecular formula is C13H10BrO3-. The van der Waals surface area contributed by atoms with Crippen LogP contribution in [-0.4, -0.2) is 17.4 Å². The van der Waals surface area contributed by atoms with Crippen molar-refractivity contribution in [3.8, 4) is 5.75 Å². The summed E-state index contributed by atoms with van der Waals surface area (Å²) in [6.45, 7) is 0. The molecule has 0 N–H and O–H groups in total. The fourth-order valence-corrected chi connectivity index (χ4v) is 1.94. The quantitative estimate of drug-likeness (QED) is 0.807. The van der Waals surface area contributed by atoms with Gasteiger partial charge in [-0.1, -0.05) is 46.3 Å². The van der Waals surface area contributed by atoms with Crippen molar-refractivity contribution in [1.82, 2.24) is 0 Å². The molecular weight excluding hydrogens is 284 g/mol. The van der Waals surface area contributed by atoms with Crippen LogP contribution in [0, 0.1) is 0 Å². The van der Waals surface area contributed by atoms with Gasteiger partial charge < -0.3 is 14.6 Å². The highest BCUT2D eigenvalue weighted by atomic mass is 79.9. The second-order valence-electron chi connectivity index (χ2n) is 3.59. The van der Waals surface area contributed by atoms with E-state index >= 15 is 0 Å². The summed E-state index contributed by atoms with van der Waals surface area (Å²) in [4.78, 5) is 10.7. The number of aliphatic carboxylic acids is 1. The molecule has 0 saturated heterocycles. The Hall–Kier alpha value is -1.55. The molecule has 2 rings (SSSR count). The predicted molar refractivity (Wildman–Crippen MR) is 67.2 cm³/mol. The van der Waals surface area contributed by atoms with Crippen LogP contribution in [0.4, 0.5) is 0 Å². The lowest BCUT2D eigenvalue weighted by Crippen LogP contribution is -2.40. The molecule has 0 spiro atoms. The minimum atomic E-state index is -1.23. The van der Waals surface area contributed by atoms with Crippen molar-refractivity contribution in [2.75, 3.05) is 5.33 Å². The number of hydrogen-bond donors (Lipinski definition) is 0. The number of hydrogen-bond acceptors (Lipinski definition) is 3. The van der Waals surface area contributed by atoms with E-state index in [9.17, 15) is 9.90 Å². The summed E-state index contributed by atoms with van der Waals surface area (Å²) in [6.07, 6.45) is -0.976. The maximum absolute atomic E-state index is 10.7. The maximum atomic E-state index is 10.7. The molecule has 17 heavy (non-hydrogen) atoms. The first-order chi connectivity index (χ1) is 8.20. The van der Waals surface area contributed by atoms with Gasteiger partial charge in [-0.15, -0.1) is 0 Å². The van der Waals surface area contributed by atoms with Crippen LogP contribution in [0.15, 0.2) is 42.5 Å². The molecule has 0 heterocycles. The molecule has 0 radical (unpaired) electrons. The monoisotopic (exact) mass is 293 g/mol. The van der Waals surface area contributed by atoms with Gasteiger partial charge in [-0.25, -0.2) is 0 Å². The third-order valence-electron chi connectivity index (χ3n) is 2.40. The van der Waals surface area contributed by atoms with Crippen LogP contribution in [0.25, 0.3) is 10.8 Å². The van der Waals surface area contributed by atoms with Gasteiger partial charge in [0.05, 0.1) is 5.97 Å². The van der Waals surface area contributed by atoms with Crippen molar-refractivity contribution in [2.45, 2.75) is 6.10 Å². The van der Waals surface area contributed by atoms with Crippen molar-refractivity contribution in [2.24, 2.45) is 0 Å². The molecule has 4 heteroatoms. The van der Waals surface area contributed by atoms with Gasteiger partial charge in [-0.05, 0) is 22.9 Å². The van der Waals surface area contributed by atoms with Crippen molar-refractivity contribution in [3.63, 3.8) is 0 Å². The molecule has 0 aliphatic carbocycles. The zero-order valence-electron chi connectivity index (χ0n) is 8.93. The average molecular weight is 294 g/mol. The van der Waals surface area contributed by atoms with Crippen molar-refractivity contribution in [1.29, 1.82) is 0 Å². The van der Waals surface area contributed by atoms with Crippen LogP contribution in [0.5, 0.6) is 5.75 Å². The summed E-state index contributed by atoms with van der Waals surface area (Å²) < 4.78 is 5.32. The Morgan fingerprint density at radius 3 is 2.59 bits per heavy atom. The van der Waals surface area contributed by atoms with Crippen LogP contribution < -0.4 is 9.84 Å². The van der Waals surface area contributed by atoms with E-state index in [2.05, 4.69) is 15.9 Å². The maximum Gasteiger partial charge on any atom is 0.148 e. The lowest BCUT2D eigenvalue weighted by Gasteiger charge is -2.17. The smallest absolute Gasteiger partial charge is 0.148 e. The van der Waals surface area contributed by atoms with Crippen molar-refractivity contribution in [3.05, 3.63) is 42.5 Å². The highest BCUT2D eigenvalue weighted by Crippen LogP contribution is 2.21. The number of alkyl halides is 1. The number of carboxylic acids is 1. The summed E-state index contributed by atoms with van der Waals surface area (Å²) in [7, 11) is 0. The Kier molecular flexibility index (Phi) is 3.64. The molecule has 0 bridgehead atoms. The second kappa shape index (κ2) is 5.19. The Bertz CT molecular complexity index is 539. The Morgan fingerprint density at radius 2 is 1.94 bits per heavy atom. The minimum Gasteiger partial charge on any atom is -0.546 e. The van der Waals surface area contributed by atoms with Crippen LogP contribution >= 0.6 is 15.9 Å². The first kappa shape index (κ1) is 11.9. The van der Waals surface area contributed by atoms with Gasteiger partial charge in [-0.2, -0.15) is 0 Å². The number of carboxylic acid groups (broad SMARTS) is 1. The van der Waals surface area contributed by atoms with Crippen LogP contribution in [0.3, 0.4) is 0 Å². The Balaban J connectivity index is 2.27. The predicted octanol–water partition coefficient (Wildman–Crippen LogP) is 1.73. The van der Waals surface area contributed by atoms with E-state index in [1.54, 1.807) is 6.07 Å². The van der Waals surface area contributed by atoms with E-state index in [4.69, 9.17) is 4.74 Å². The lowest BCUT2D eigenvalue weighted by molar-refractivity contribution is -0.312. The molecule has 2 aromatic carbocycles. The normalized spacial score (nSPS) is 12.3. The fraction of sp³-hybridized carbons (Fsp3) is 0.154. The minimum absolute atomic E-state index is 0.197. The summed E-state index contributed by atoms with van der Waals surface area (Å²) >= 11 is 3.08. The number of benzene rings is 2.